The summed E-state index contributed by atoms with van der Waals surface area (Å²) >= 11 is 0. The van der Waals surface area contributed by atoms with Crippen molar-refractivity contribution in [2.24, 2.45) is 0 Å². The second kappa shape index (κ2) is 6.88. The molecule has 1 atom stereocenters. The standard InChI is InChI=1S/C20H22N4O2/c1-15-5-4-6-16(13-15)24-19(25)14-17(20(24)26)22-9-11-23(12-10-22)18-7-2-3-8-21-18/h2-8,13,17H,9-12,14H2,1H3/p+2/t17-/m1/s1. The molecular weight excluding hydrogens is 328 g/mol. The number of nitrogens with one attached hydrogen (secondary N) is 2. The molecule has 26 heavy (non-hydrogen) atoms. The van der Waals surface area contributed by atoms with Crippen LogP contribution in [0, 0.1) is 6.92 Å². The van der Waals surface area contributed by atoms with Gasteiger partial charge in [0.15, 0.2) is 6.04 Å². The Bertz CT molecular complexity index is 816. The number of anilines is 2. The highest BCUT2D eigenvalue weighted by Gasteiger charge is 2.47. The molecule has 4 rings (SSSR count). The fraction of sp³-hybridized carbons (Fsp3) is 0.350. The Balaban J connectivity index is 1.45. The smallest absolute Gasteiger partial charge is 0.292 e. The first-order chi connectivity index (χ1) is 12.6. The summed E-state index contributed by atoms with van der Waals surface area (Å²) in [6.07, 6.45) is 2.23. The lowest BCUT2D eigenvalue weighted by Crippen LogP contribution is -3.19. The van der Waals surface area contributed by atoms with Crippen LogP contribution in [-0.4, -0.2) is 44.0 Å². The molecule has 134 valence electrons. The topological polar surface area (TPSA) is 59.2 Å². The number of hydrogen-bond acceptors (Lipinski definition) is 3. The summed E-state index contributed by atoms with van der Waals surface area (Å²) in [4.78, 5) is 33.6. The number of pyridine rings is 1. The molecule has 0 unspecified atom stereocenters. The highest BCUT2D eigenvalue weighted by atomic mass is 16.2. The number of rotatable bonds is 3. The summed E-state index contributed by atoms with van der Waals surface area (Å²) in [6, 6.07) is 13.4. The summed E-state index contributed by atoms with van der Waals surface area (Å²) in [5.74, 6) is 0.953. The minimum Gasteiger partial charge on any atom is -0.318 e. The number of carbonyl (C=O) groups excluding carboxylic acids is 2. The van der Waals surface area contributed by atoms with Crippen molar-refractivity contribution in [1.29, 1.82) is 0 Å². The molecule has 1 aromatic carbocycles. The first-order valence-corrected chi connectivity index (χ1v) is 9.13. The van der Waals surface area contributed by atoms with Gasteiger partial charge in [0.25, 0.3) is 11.7 Å². The van der Waals surface area contributed by atoms with Gasteiger partial charge in [0.1, 0.15) is 26.2 Å². The van der Waals surface area contributed by atoms with Gasteiger partial charge in [0.05, 0.1) is 18.3 Å². The third-order valence-electron chi connectivity index (χ3n) is 5.34. The van der Waals surface area contributed by atoms with Crippen molar-refractivity contribution >= 4 is 23.3 Å². The SMILES string of the molecule is Cc1cccc(N2C(=O)C[C@@H]([NH+]3CCN(c4cccc[nH+]4)CC3)C2=O)c1. The normalized spacial score (nSPS) is 21.5. The molecule has 0 spiro atoms. The van der Waals surface area contributed by atoms with Crippen molar-refractivity contribution in [2.45, 2.75) is 19.4 Å². The van der Waals surface area contributed by atoms with E-state index in [0.29, 0.717) is 12.1 Å². The van der Waals surface area contributed by atoms with Crippen molar-refractivity contribution < 1.29 is 19.5 Å². The number of quaternary nitrogens is 1. The van der Waals surface area contributed by atoms with Gasteiger partial charge < -0.3 is 4.90 Å². The van der Waals surface area contributed by atoms with Crippen molar-refractivity contribution in [3.63, 3.8) is 0 Å². The molecule has 2 saturated heterocycles. The Morgan fingerprint density at radius 3 is 2.58 bits per heavy atom. The van der Waals surface area contributed by atoms with Gasteiger partial charge in [-0.2, -0.15) is 0 Å². The van der Waals surface area contributed by atoms with Crippen molar-refractivity contribution in [3.05, 3.63) is 54.2 Å². The van der Waals surface area contributed by atoms with Crippen LogP contribution in [0.2, 0.25) is 0 Å². The molecule has 6 heteroatoms. The van der Waals surface area contributed by atoms with E-state index in [1.54, 1.807) is 0 Å². The van der Waals surface area contributed by atoms with Gasteiger partial charge in [-0.1, -0.05) is 18.2 Å². The van der Waals surface area contributed by atoms with Gasteiger partial charge in [0, 0.05) is 6.07 Å². The van der Waals surface area contributed by atoms with E-state index >= 15 is 0 Å². The molecule has 2 N–H and O–H groups in total. The van der Waals surface area contributed by atoms with Crippen LogP contribution in [0.1, 0.15) is 12.0 Å². The Hall–Kier alpha value is -2.73. The number of aromatic amines is 1. The predicted octanol–water partition coefficient (Wildman–Crippen LogP) is -0.154. The van der Waals surface area contributed by atoms with Gasteiger partial charge in [-0.05, 0) is 30.7 Å². The zero-order valence-electron chi connectivity index (χ0n) is 14.9. The summed E-state index contributed by atoms with van der Waals surface area (Å²) in [5.41, 5.74) is 1.74. The summed E-state index contributed by atoms with van der Waals surface area (Å²) in [5, 5.41) is 0. The van der Waals surface area contributed by atoms with Crippen LogP contribution >= 0.6 is 0 Å². The second-order valence-electron chi connectivity index (χ2n) is 7.06. The maximum Gasteiger partial charge on any atom is 0.292 e. The van der Waals surface area contributed by atoms with Crippen LogP contribution < -0.4 is 19.7 Å². The Morgan fingerprint density at radius 1 is 1.08 bits per heavy atom. The Morgan fingerprint density at radius 2 is 1.88 bits per heavy atom. The van der Waals surface area contributed by atoms with Crippen molar-refractivity contribution in [1.82, 2.24) is 0 Å². The molecule has 6 nitrogen and oxygen atoms in total. The molecule has 0 saturated carbocycles. The first-order valence-electron chi connectivity index (χ1n) is 9.13. The number of carbonyl (C=O) groups is 2. The Labute approximate surface area is 153 Å². The highest BCUT2D eigenvalue weighted by molar-refractivity contribution is 6.21. The molecule has 2 amide bonds. The van der Waals surface area contributed by atoms with Gasteiger partial charge in [-0.15, -0.1) is 0 Å². The quantitative estimate of drug-likeness (QED) is 0.782. The second-order valence-corrected chi connectivity index (χ2v) is 7.06. The number of benzene rings is 1. The molecule has 2 aliphatic rings. The lowest BCUT2D eigenvalue weighted by atomic mass is 10.1. The number of nitrogens with zero attached hydrogens (tertiary/aromatic N) is 2. The third kappa shape index (κ3) is 3.08. The molecule has 0 bridgehead atoms. The number of piperazine rings is 1. The number of aryl methyl sites for hydroxylation is 1. The van der Waals surface area contributed by atoms with Crippen LogP contribution in [0.25, 0.3) is 0 Å². The maximum atomic E-state index is 12.9. The monoisotopic (exact) mass is 352 g/mol. The molecule has 0 aliphatic carbocycles. The third-order valence-corrected chi connectivity index (χ3v) is 5.34. The molecule has 2 fully saturated rings. The van der Waals surface area contributed by atoms with E-state index in [4.69, 9.17) is 0 Å². The average molecular weight is 352 g/mol. The zero-order valence-corrected chi connectivity index (χ0v) is 14.9. The maximum absolute atomic E-state index is 12.9. The average Bonchev–Trinajstić information content (AvgIpc) is 2.97. The van der Waals surface area contributed by atoms with Crippen molar-refractivity contribution in [2.75, 3.05) is 36.0 Å². The zero-order chi connectivity index (χ0) is 18.1. The van der Waals surface area contributed by atoms with E-state index in [1.807, 2.05) is 49.5 Å². The van der Waals surface area contributed by atoms with Crippen LogP contribution in [0.15, 0.2) is 48.7 Å². The number of H-pyrrole nitrogens is 1. The van der Waals surface area contributed by atoms with Gasteiger partial charge in [-0.3, -0.25) is 14.5 Å². The van der Waals surface area contributed by atoms with Gasteiger partial charge in [-0.25, -0.2) is 9.88 Å². The van der Waals surface area contributed by atoms with Crippen LogP contribution in [0.5, 0.6) is 0 Å². The van der Waals surface area contributed by atoms with Gasteiger partial charge in [0.2, 0.25) is 5.91 Å². The number of aromatic nitrogens is 1. The minimum atomic E-state index is -0.259. The van der Waals surface area contributed by atoms with E-state index in [0.717, 1.165) is 37.6 Å². The number of hydrogen-bond donors (Lipinski definition) is 1. The molecular formula is C20H24N4O2+2. The van der Waals surface area contributed by atoms with E-state index in [2.05, 4.69) is 16.0 Å². The molecule has 3 heterocycles. The molecule has 0 radical (unpaired) electrons. The summed E-state index contributed by atoms with van der Waals surface area (Å²) in [7, 11) is 0. The number of imide groups is 1. The lowest BCUT2D eigenvalue weighted by Gasteiger charge is -2.31. The fourth-order valence-electron chi connectivity index (χ4n) is 3.95. The van der Waals surface area contributed by atoms with E-state index in [9.17, 15) is 9.59 Å². The van der Waals surface area contributed by atoms with E-state index in [1.165, 1.54) is 9.80 Å². The van der Waals surface area contributed by atoms with E-state index < -0.39 is 0 Å². The molecule has 1 aromatic heterocycles. The largest absolute Gasteiger partial charge is 0.318 e. The minimum absolute atomic E-state index is 0.0599. The number of amides is 2. The highest BCUT2D eigenvalue weighted by Crippen LogP contribution is 2.23. The van der Waals surface area contributed by atoms with Crippen LogP contribution in [0.4, 0.5) is 11.5 Å². The molecule has 2 aliphatic heterocycles. The summed E-state index contributed by atoms with van der Waals surface area (Å²) in [6.45, 7) is 5.43. The Kier molecular flexibility index (Phi) is 4.42. The first kappa shape index (κ1) is 16.7. The predicted molar refractivity (Wildman–Crippen MR) is 98.0 cm³/mol. The van der Waals surface area contributed by atoms with Crippen LogP contribution in [0.3, 0.4) is 0 Å². The van der Waals surface area contributed by atoms with Crippen LogP contribution in [-0.2, 0) is 9.59 Å². The fourth-order valence-corrected chi connectivity index (χ4v) is 3.95. The summed E-state index contributed by atoms with van der Waals surface area (Å²) < 4.78 is 0. The lowest BCUT2D eigenvalue weighted by molar-refractivity contribution is -0.915. The van der Waals surface area contributed by atoms with Crippen molar-refractivity contribution in [3.8, 4) is 0 Å². The molecule has 2 aromatic rings. The van der Waals surface area contributed by atoms with Gasteiger partial charge >= 0.3 is 0 Å². The van der Waals surface area contributed by atoms with E-state index in [-0.39, 0.29) is 17.9 Å².